The van der Waals surface area contributed by atoms with Crippen LogP contribution in [-0.4, -0.2) is 33.4 Å². The molecule has 0 aliphatic rings. The monoisotopic (exact) mass is 421 g/mol. The zero-order valence-electron chi connectivity index (χ0n) is 17.7. The van der Waals surface area contributed by atoms with E-state index >= 15 is 0 Å². The quantitative estimate of drug-likeness (QED) is 0.241. The van der Waals surface area contributed by atoms with E-state index in [1.807, 2.05) is 53.1 Å². The summed E-state index contributed by atoms with van der Waals surface area (Å²) in [5, 5.41) is 9.36. The molecule has 0 fully saturated rings. The molecular formula is C24H27N3O2S. The van der Waals surface area contributed by atoms with Gasteiger partial charge in [-0.2, -0.15) is 0 Å². The molecule has 3 rings (SSSR count). The van der Waals surface area contributed by atoms with Gasteiger partial charge in [0.05, 0.1) is 18.4 Å². The van der Waals surface area contributed by atoms with Crippen molar-refractivity contribution < 1.29 is 9.53 Å². The van der Waals surface area contributed by atoms with Crippen LogP contribution in [0.25, 0.3) is 11.4 Å². The van der Waals surface area contributed by atoms with Gasteiger partial charge in [0.15, 0.2) is 16.8 Å². The second-order valence-electron chi connectivity index (χ2n) is 7.05. The third-order valence-electron chi connectivity index (χ3n) is 5.12. The molecule has 5 nitrogen and oxygen atoms in total. The van der Waals surface area contributed by atoms with Crippen LogP contribution < -0.4 is 4.74 Å². The minimum absolute atomic E-state index is 0.0719. The van der Waals surface area contributed by atoms with Crippen LogP contribution in [0.5, 0.6) is 5.75 Å². The Morgan fingerprint density at radius 2 is 1.93 bits per heavy atom. The first-order valence-electron chi connectivity index (χ1n) is 10.0. The molecule has 2 aromatic carbocycles. The van der Waals surface area contributed by atoms with E-state index in [4.69, 9.17) is 4.74 Å². The average Bonchev–Trinajstić information content (AvgIpc) is 3.19. The molecule has 0 N–H and O–H groups in total. The highest BCUT2D eigenvalue weighted by molar-refractivity contribution is 7.99. The number of carbonyl (C=O) groups excluding carboxylic acids is 1. The van der Waals surface area contributed by atoms with Crippen molar-refractivity contribution in [1.29, 1.82) is 0 Å². The van der Waals surface area contributed by atoms with E-state index in [0.29, 0.717) is 34.8 Å². The molecule has 0 spiro atoms. The minimum Gasteiger partial charge on any atom is -0.496 e. The van der Waals surface area contributed by atoms with Gasteiger partial charge in [-0.25, -0.2) is 0 Å². The Bertz CT molecular complexity index is 1010. The molecule has 0 unspecified atom stereocenters. The fraction of sp³-hybridized carbons (Fsp3) is 0.292. The molecule has 3 aromatic rings. The largest absolute Gasteiger partial charge is 0.496 e. The highest BCUT2D eigenvalue weighted by Gasteiger charge is 2.18. The van der Waals surface area contributed by atoms with Crippen LogP contribution in [0.1, 0.15) is 42.1 Å². The van der Waals surface area contributed by atoms with Gasteiger partial charge in [0, 0.05) is 12.1 Å². The summed E-state index contributed by atoms with van der Waals surface area (Å²) in [4.78, 5) is 12.7. The number of carbonyl (C=O) groups is 1. The SMILES string of the molecule is C=CCn1c(SCC(=O)c2ccc([C@@H](C)CC)cc2)nnc1-c1ccccc1OC. The van der Waals surface area contributed by atoms with Crippen molar-refractivity contribution in [2.24, 2.45) is 0 Å². The van der Waals surface area contributed by atoms with Crippen molar-refractivity contribution in [2.75, 3.05) is 12.9 Å². The second-order valence-corrected chi connectivity index (χ2v) is 7.99. The van der Waals surface area contributed by atoms with Gasteiger partial charge in [0.2, 0.25) is 0 Å². The Labute approximate surface area is 182 Å². The maximum atomic E-state index is 12.7. The van der Waals surface area contributed by atoms with Crippen molar-refractivity contribution in [1.82, 2.24) is 14.8 Å². The van der Waals surface area contributed by atoms with E-state index in [1.165, 1.54) is 17.3 Å². The lowest BCUT2D eigenvalue weighted by Crippen LogP contribution is -2.06. The summed E-state index contributed by atoms with van der Waals surface area (Å²) in [7, 11) is 1.63. The highest BCUT2D eigenvalue weighted by atomic mass is 32.2. The molecule has 0 radical (unpaired) electrons. The fourth-order valence-electron chi connectivity index (χ4n) is 3.16. The number of ether oxygens (including phenoxy) is 1. The van der Waals surface area contributed by atoms with Crippen LogP contribution >= 0.6 is 11.8 Å². The predicted molar refractivity (Wildman–Crippen MR) is 122 cm³/mol. The summed E-state index contributed by atoms with van der Waals surface area (Å²) in [6.07, 6.45) is 2.87. The fourth-order valence-corrected chi connectivity index (χ4v) is 4.01. The number of aromatic nitrogens is 3. The topological polar surface area (TPSA) is 57.0 Å². The molecule has 0 aliphatic heterocycles. The lowest BCUT2D eigenvalue weighted by atomic mass is 9.97. The van der Waals surface area contributed by atoms with Crippen molar-refractivity contribution in [3.05, 3.63) is 72.3 Å². The predicted octanol–water partition coefficient (Wildman–Crippen LogP) is 5.63. The van der Waals surface area contributed by atoms with Crippen molar-refractivity contribution in [2.45, 2.75) is 37.9 Å². The zero-order chi connectivity index (χ0) is 21.5. The number of methoxy groups -OCH3 is 1. The molecule has 30 heavy (non-hydrogen) atoms. The number of ketones is 1. The molecular weight excluding hydrogens is 394 g/mol. The van der Waals surface area contributed by atoms with E-state index in [1.54, 1.807) is 13.2 Å². The van der Waals surface area contributed by atoms with E-state index in [0.717, 1.165) is 17.7 Å². The Balaban J connectivity index is 1.77. The molecule has 0 saturated heterocycles. The summed E-state index contributed by atoms with van der Waals surface area (Å²) < 4.78 is 7.42. The number of hydrogen-bond acceptors (Lipinski definition) is 5. The normalized spacial score (nSPS) is 11.8. The Morgan fingerprint density at radius 3 is 2.60 bits per heavy atom. The number of thioether (sulfide) groups is 1. The van der Waals surface area contributed by atoms with Crippen LogP contribution in [0.3, 0.4) is 0 Å². The number of nitrogens with zero attached hydrogens (tertiary/aromatic N) is 3. The highest BCUT2D eigenvalue weighted by Crippen LogP contribution is 2.31. The van der Waals surface area contributed by atoms with Crippen molar-refractivity contribution >= 4 is 17.5 Å². The Morgan fingerprint density at radius 1 is 1.20 bits per heavy atom. The van der Waals surface area contributed by atoms with Gasteiger partial charge in [0.25, 0.3) is 0 Å². The standard InChI is InChI=1S/C24H27N3O2S/c1-5-15-27-23(20-9-7-8-10-22(20)29-4)25-26-24(27)30-16-21(28)19-13-11-18(12-14-19)17(3)6-2/h5,7-14,17H,1,6,15-16H2,2-4H3/t17-/m0/s1. The van der Waals surface area contributed by atoms with Crippen molar-refractivity contribution in [3.8, 4) is 17.1 Å². The Kier molecular flexibility index (Phi) is 7.46. The average molecular weight is 422 g/mol. The first kappa shape index (κ1) is 21.8. The van der Waals surface area contributed by atoms with E-state index in [9.17, 15) is 4.79 Å². The van der Waals surface area contributed by atoms with Crippen molar-refractivity contribution in [3.63, 3.8) is 0 Å². The third kappa shape index (κ3) is 4.82. The van der Waals surface area contributed by atoms with Gasteiger partial charge in [-0.05, 0) is 30.0 Å². The lowest BCUT2D eigenvalue weighted by Gasteiger charge is -2.11. The smallest absolute Gasteiger partial charge is 0.192 e. The molecule has 1 aromatic heterocycles. The number of rotatable bonds is 10. The number of para-hydroxylation sites is 1. The molecule has 0 saturated carbocycles. The first-order chi connectivity index (χ1) is 14.6. The maximum Gasteiger partial charge on any atom is 0.192 e. The molecule has 156 valence electrons. The van der Waals surface area contributed by atoms with Gasteiger partial charge in [0.1, 0.15) is 5.75 Å². The lowest BCUT2D eigenvalue weighted by molar-refractivity contribution is 0.102. The summed E-state index contributed by atoms with van der Waals surface area (Å²) in [6, 6.07) is 15.6. The van der Waals surface area contributed by atoms with E-state index in [2.05, 4.69) is 30.6 Å². The number of benzene rings is 2. The number of Topliss-reactive ketones (excluding diaryl/α,β-unsaturated/α-hetero) is 1. The number of allylic oxidation sites excluding steroid dienone is 1. The summed E-state index contributed by atoms with van der Waals surface area (Å²) in [5.74, 6) is 2.28. The summed E-state index contributed by atoms with van der Waals surface area (Å²) >= 11 is 1.39. The van der Waals surface area contributed by atoms with E-state index in [-0.39, 0.29) is 5.78 Å². The molecule has 0 amide bonds. The van der Waals surface area contributed by atoms with Crippen LogP contribution in [-0.2, 0) is 6.54 Å². The molecule has 1 atom stereocenters. The first-order valence-corrected chi connectivity index (χ1v) is 11.0. The van der Waals surface area contributed by atoms with Gasteiger partial charge < -0.3 is 4.74 Å². The van der Waals surface area contributed by atoms with Gasteiger partial charge in [-0.1, -0.05) is 68.1 Å². The van der Waals surface area contributed by atoms with Crippen LogP contribution in [0.15, 0.2) is 66.3 Å². The summed E-state index contributed by atoms with van der Waals surface area (Å²) in [6.45, 7) is 8.74. The van der Waals surface area contributed by atoms with E-state index < -0.39 is 0 Å². The molecule has 6 heteroatoms. The van der Waals surface area contributed by atoms with Crippen LogP contribution in [0.2, 0.25) is 0 Å². The van der Waals surface area contributed by atoms with Crippen LogP contribution in [0, 0.1) is 0 Å². The zero-order valence-corrected chi connectivity index (χ0v) is 18.5. The maximum absolute atomic E-state index is 12.7. The third-order valence-corrected chi connectivity index (χ3v) is 6.09. The molecule has 1 heterocycles. The molecule has 0 aliphatic carbocycles. The van der Waals surface area contributed by atoms with Gasteiger partial charge in [-0.3, -0.25) is 9.36 Å². The Hall–Kier alpha value is -2.86. The molecule has 0 bridgehead atoms. The second kappa shape index (κ2) is 10.3. The number of hydrogen-bond donors (Lipinski definition) is 0. The van der Waals surface area contributed by atoms with Gasteiger partial charge in [-0.15, -0.1) is 16.8 Å². The van der Waals surface area contributed by atoms with Crippen LogP contribution in [0.4, 0.5) is 0 Å². The minimum atomic E-state index is 0.0719. The summed E-state index contributed by atoms with van der Waals surface area (Å²) in [5.41, 5.74) is 2.83. The van der Waals surface area contributed by atoms with Gasteiger partial charge >= 0.3 is 0 Å².